The number of halogens is 3. The average molecular weight is 441 g/mol. The van der Waals surface area contributed by atoms with Gasteiger partial charge < -0.3 is 10.6 Å². The molecule has 1 aromatic carbocycles. The van der Waals surface area contributed by atoms with Gasteiger partial charge in [0.15, 0.2) is 0 Å². The lowest BCUT2D eigenvalue weighted by molar-refractivity contribution is -0.137. The van der Waals surface area contributed by atoms with Gasteiger partial charge in [0.25, 0.3) is 0 Å². The van der Waals surface area contributed by atoms with E-state index in [-0.39, 0.29) is 11.6 Å². The summed E-state index contributed by atoms with van der Waals surface area (Å²) in [6, 6.07) is 11.4. The van der Waals surface area contributed by atoms with Gasteiger partial charge in [0.05, 0.1) is 11.4 Å². The van der Waals surface area contributed by atoms with Crippen LogP contribution < -0.4 is 16.1 Å². The van der Waals surface area contributed by atoms with Crippen LogP contribution in [0.1, 0.15) is 18.2 Å². The Morgan fingerprint density at radius 1 is 1.12 bits per heavy atom. The van der Waals surface area contributed by atoms with Gasteiger partial charge in [0, 0.05) is 23.8 Å². The Labute approximate surface area is 181 Å². The van der Waals surface area contributed by atoms with Gasteiger partial charge in [0.2, 0.25) is 11.9 Å². The van der Waals surface area contributed by atoms with Crippen LogP contribution in [0.5, 0.6) is 0 Å². The van der Waals surface area contributed by atoms with E-state index in [9.17, 15) is 18.0 Å². The third-order valence-corrected chi connectivity index (χ3v) is 4.03. The molecule has 0 saturated heterocycles. The van der Waals surface area contributed by atoms with Gasteiger partial charge >= 0.3 is 6.18 Å². The molecule has 0 bridgehead atoms. The number of nitrogens with zero attached hydrogens (tertiary/aromatic N) is 4. The van der Waals surface area contributed by atoms with Crippen LogP contribution in [0.3, 0.4) is 0 Å². The predicted molar refractivity (Wildman–Crippen MR) is 116 cm³/mol. The Morgan fingerprint density at radius 2 is 1.91 bits per heavy atom. The Balaban J connectivity index is 1.88. The molecule has 3 aromatic rings. The third-order valence-electron chi connectivity index (χ3n) is 4.03. The van der Waals surface area contributed by atoms with Crippen molar-refractivity contribution in [2.24, 2.45) is 5.10 Å². The molecule has 0 unspecified atom stereocenters. The van der Waals surface area contributed by atoms with Crippen molar-refractivity contribution >= 4 is 34.8 Å². The fourth-order valence-electron chi connectivity index (χ4n) is 2.51. The first-order valence-corrected chi connectivity index (χ1v) is 9.22. The minimum atomic E-state index is -4.69. The first-order valence-electron chi connectivity index (χ1n) is 9.22. The van der Waals surface area contributed by atoms with Crippen LogP contribution in [0.15, 0.2) is 72.6 Å². The largest absolute Gasteiger partial charge is 0.421 e. The van der Waals surface area contributed by atoms with E-state index in [4.69, 9.17) is 0 Å². The zero-order valence-electron chi connectivity index (χ0n) is 16.8. The van der Waals surface area contributed by atoms with Crippen LogP contribution in [0.25, 0.3) is 0 Å². The van der Waals surface area contributed by atoms with Crippen LogP contribution >= 0.6 is 0 Å². The van der Waals surface area contributed by atoms with Crippen molar-refractivity contribution in [1.29, 1.82) is 0 Å². The van der Waals surface area contributed by atoms with Gasteiger partial charge in [0.1, 0.15) is 11.4 Å². The quantitative estimate of drug-likeness (QED) is 0.281. The summed E-state index contributed by atoms with van der Waals surface area (Å²) in [4.78, 5) is 23.2. The molecule has 0 fully saturated rings. The SMILES string of the molecule is C=CC(=O)Nc1cccc(Nc2nc(N/N=C(\C)c3ccccn3)ncc2C(F)(F)F)c1. The van der Waals surface area contributed by atoms with E-state index in [1.54, 1.807) is 43.5 Å². The normalized spacial score (nSPS) is 11.6. The molecule has 0 aliphatic heterocycles. The Hall–Kier alpha value is -4.28. The van der Waals surface area contributed by atoms with Crippen LogP contribution in [0, 0.1) is 0 Å². The fourth-order valence-corrected chi connectivity index (χ4v) is 2.51. The molecule has 3 N–H and O–H groups in total. The molecule has 0 atom stereocenters. The number of anilines is 4. The second kappa shape index (κ2) is 9.69. The summed E-state index contributed by atoms with van der Waals surface area (Å²) < 4.78 is 40.4. The standard InChI is InChI=1S/C21H18F3N7O/c1-3-18(32)27-14-7-6-8-15(11-14)28-19-16(21(22,23)24)12-26-20(29-19)31-30-13(2)17-9-4-5-10-25-17/h3-12H,1H2,2H3,(H,27,32)(H2,26,28,29,31)/b30-13+. The number of pyridine rings is 1. The third kappa shape index (κ3) is 5.88. The number of rotatable bonds is 7. The molecule has 0 aliphatic carbocycles. The van der Waals surface area contributed by atoms with E-state index in [0.717, 1.165) is 6.08 Å². The second-order valence-electron chi connectivity index (χ2n) is 6.38. The molecule has 11 heteroatoms. The summed E-state index contributed by atoms with van der Waals surface area (Å²) in [5.41, 5.74) is 3.21. The number of benzene rings is 1. The zero-order chi connectivity index (χ0) is 23.1. The van der Waals surface area contributed by atoms with Crippen molar-refractivity contribution in [2.45, 2.75) is 13.1 Å². The van der Waals surface area contributed by atoms with Crippen molar-refractivity contribution in [3.05, 3.63) is 78.8 Å². The molecule has 0 aliphatic rings. The first-order chi connectivity index (χ1) is 15.3. The summed E-state index contributed by atoms with van der Waals surface area (Å²) in [7, 11) is 0. The number of hydrazone groups is 1. The highest BCUT2D eigenvalue weighted by Crippen LogP contribution is 2.35. The molecular formula is C21H18F3N7O. The molecule has 1 amide bonds. The number of nitrogens with one attached hydrogen (secondary N) is 3. The van der Waals surface area contributed by atoms with E-state index < -0.39 is 23.5 Å². The molecule has 0 saturated carbocycles. The van der Waals surface area contributed by atoms with Gasteiger partial charge in [-0.1, -0.05) is 18.7 Å². The summed E-state index contributed by atoms with van der Waals surface area (Å²) in [5, 5.41) is 9.23. The van der Waals surface area contributed by atoms with Gasteiger partial charge in [-0.25, -0.2) is 10.4 Å². The molecule has 0 radical (unpaired) electrons. The highest BCUT2D eigenvalue weighted by atomic mass is 19.4. The number of alkyl halides is 3. The van der Waals surface area contributed by atoms with Crippen molar-refractivity contribution in [1.82, 2.24) is 15.0 Å². The molecular weight excluding hydrogens is 423 g/mol. The molecule has 2 aromatic heterocycles. The summed E-state index contributed by atoms with van der Waals surface area (Å²) in [5.74, 6) is -1.08. The average Bonchev–Trinajstić information content (AvgIpc) is 2.77. The van der Waals surface area contributed by atoms with E-state index in [0.29, 0.717) is 23.3 Å². The minimum Gasteiger partial charge on any atom is -0.339 e. The lowest BCUT2D eigenvalue weighted by Crippen LogP contribution is -2.13. The molecule has 32 heavy (non-hydrogen) atoms. The Kier molecular flexibility index (Phi) is 6.78. The predicted octanol–water partition coefficient (Wildman–Crippen LogP) is 4.59. The van der Waals surface area contributed by atoms with Crippen LogP contribution in [-0.4, -0.2) is 26.6 Å². The Bertz CT molecular complexity index is 1150. The van der Waals surface area contributed by atoms with Crippen molar-refractivity contribution in [3.8, 4) is 0 Å². The molecule has 8 nitrogen and oxygen atoms in total. The smallest absolute Gasteiger partial charge is 0.339 e. The Morgan fingerprint density at radius 3 is 2.59 bits per heavy atom. The number of carbonyl (C=O) groups excluding carboxylic acids is 1. The van der Waals surface area contributed by atoms with Crippen LogP contribution in [0.4, 0.5) is 36.3 Å². The lowest BCUT2D eigenvalue weighted by atomic mass is 10.2. The highest BCUT2D eigenvalue weighted by molar-refractivity contribution is 5.99. The van der Waals surface area contributed by atoms with Crippen molar-refractivity contribution in [3.63, 3.8) is 0 Å². The zero-order valence-corrected chi connectivity index (χ0v) is 16.8. The summed E-state index contributed by atoms with van der Waals surface area (Å²) in [6.45, 7) is 5.04. The lowest BCUT2D eigenvalue weighted by Gasteiger charge is -2.15. The van der Waals surface area contributed by atoms with Crippen LogP contribution in [-0.2, 0) is 11.0 Å². The maximum atomic E-state index is 13.5. The topological polar surface area (TPSA) is 104 Å². The monoisotopic (exact) mass is 441 g/mol. The van der Waals surface area contributed by atoms with Gasteiger partial charge in [-0.15, -0.1) is 0 Å². The van der Waals surface area contributed by atoms with Gasteiger partial charge in [-0.05, 0) is 43.3 Å². The molecule has 0 spiro atoms. The summed E-state index contributed by atoms with van der Waals surface area (Å²) >= 11 is 0. The number of amides is 1. The van der Waals surface area contributed by atoms with E-state index >= 15 is 0 Å². The van der Waals surface area contributed by atoms with Crippen molar-refractivity contribution < 1.29 is 18.0 Å². The van der Waals surface area contributed by atoms with Crippen LogP contribution in [0.2, 0.25) is 0 Å². The molecule has 164 valence electrons. The maximum absolute atomic E-state index is 13.5. The second-order valence-corrected chi connectivity index (χ2v) is 6.38. The number of hydrogen-bond donors (Lipinski definition) is 3. The van der Waals surface area contributed by atoms with Gasteiger partial charge in [-0.2, -0.15) is 23.3 Å². The van der Waals surface area contributed by atoms with E-state index in [2.05, 4.69) is 42.7 Å². The molecule has 2 heterocycles. The van der Waals surface area contributed by atoms with E-state index in [1.807, 2.05) is 0 Å². The number of carbonyl (C=O) groups is 1. The number of hydrogen-bond acceptors (Lipinski definition) is 7. The molecule has 3 rings (SSSR count). The summed E-state index contributed by atoms with van der Waals surface area (Å²) in [6.07, 6.45) is -1.36. The fraction of sp³-hybridized carbons (Fsp3) is 0.0952. The minimum absolute atomic E-state index is 0.146. The maximum Gasteiger partial charge on any atom is 0.421 e. The number of aromatic nitrogens is 3. The van der Waals surface area contributed by atoms with Gasteiger partial charge in [-0.3, -0.25) is 9.78 Å². The van der Waals surface area contributed by atoms with Crippen molar-refractivity contribution in [2.75, 3.05) is 16.1 Å². The first kappa shape index (κ1) is 22.4. The van der Waals surface area contributed by atoms with E-state index in [1.165, 1.54) is 12.1 Å². The highest BCUT2D eigenvalue weighted by Gasteiger charge is 2.35.